The third-order valence-electron chi connectivity index (χ3n) is 4.79. The number of hydrogen-bond acceptors (Lipinski definition) is 11. The number of rotatable bonds is 19. The minimum Gasteiger partial charge on any atom is -0.413 e. The highest BCUT2D eigenvalue weighted by atomic mass is 28.5. The Labute approximate surface area is 254 Å². The normalized spacial score (nSPS) is 18.5. The maximum Gasteiger partial charge on any atom is 0.518 e. The predicted octanol–water partition coefficient (Wildman–Crippen LogP) is 6.00. The molecule has 0 aliphatic carbocycles. The van der Waals surface area contributed by atoms with Gasteiger partial charge < -0.3 is 49.0 Å². The first-order chi connectivity index (χ1) is 15.1. The van der Waals surface area contributed by atoms with Gasteiger partial charge in [-0.05, 0) is 19.6 Å². The molecular weight excluding hydrogens is 589 g/mol. The third-order valence-corrected chi connectivity index (χ3v) is 18.8. The van der Waals surface area contributed by atoms with Crippen LogP contribution >= 0.6 is 0 Å². The molecule has 15 heteroatoms. The van der Waals surface area contributed by atoms with Gasteiger partial charge in [-0.3, -0.25) is 0 Å². The maximum atomic E-state index is 6.48. The molecule has 2 aliphatic heterocycles. The maximum absolute atomic E-state index is 6.48. The van der Waals surface area contributed by atoms with E-state index in [1.807, 2.05) is 19.6 Å². The van der Waals surface area contributed by atoms with E-state index >= 15 is 0 Å². The van der Waals surface area contributed by atoms with Crippen LogP contribution < -0.4 is 0 Å². The molecule has 0 radical (unpaired) electrons. The zero-order valence-corrected chi connectivity index (χ0v) is 24.2. The summed E-state index contributed by atoms with van der Waals surface area (Å²) in [4.78, 5) is 0. The number of epoxide rings is 2. The van der Waals surface area contributed by atoms with Crippen LogP contribution in [0.2, 0.25) is 19.6 Å². The van der Waals surface area contributed by atoms with Crippen LogP contribution in [0.25, 0.3) is 0 Å². The molecule has 252 valence electrons. The van der Waals surface area contributed by atoms with Crippen LogP contribution in [0.4, 0.5) is 0 Å². The van der Waals surface area contributed by atoms with Gasteiger partial charge in [0, 0.05) is 28.4 Å². The molecule has 11 nitrogen and oxygen atoms in total. The molecule has 0 bridgehead atoms. The second-order valence-electron chi connectivity index (χ2n) is 8.05. The van der Waals surface area contributed by atoms with E-state index in [1.165, 1.54) is 0 Å². The first-order valence-electron chi connectivity index (χ1n) is 10.4. The van der Waals surface area contributed by atoms with Crippen molar-refractivity contribution < 1.29 is 49.0 Å². The molecule has 2 fully saturated rings. The van der Waals surface area contributed by atoms with Gasteiger partial charge in [-0.2, -0.15) is 0 Å². The summed E-state index contributed by atoms with van der Waals surface area (Å²) < 4.78 is 63.7. The first-order valence-corrected chi connectivity index (χ1v) is 19.5. The minimum atomic E-state index is -3.18. The Morgan fingerprint density at radius 3 is 1.23 bits per heavy atom. The molecule has 40 heavy (non-hydrogen) atoms. The van der Waals surface area contributed by atoms with Gasteiger partial charge >= 0.3 is 34.7 Å². The molecule has 0 amide bonds. The van der Waals surface area contributed by atoms with Crippen molar-refractivity contribution in [2.24, 2.45) is 0 Å². The van der Waals surface area contributed by atoms with Crippen molar-refractivity contribution in [1.29, 1.82) is 0 Å². The minimum absolute atomic E-state index is 0. The predicted molar refractivity (Wildman–Crippen MR) is 177 cm³/mol. The van der Waals surface area contributed by atoms with Crippen molar-refractivity contribution in [2.75, 3.05) is 67.3 Å². The van der Waals surface area contributed by atoms with Gasteiger partial charge in [0.2, 0.25) is 0 Å². The third kappa shape index (κ3) is 18.7. The summed E-state index contributed by atoms with van der Waals surface area (Å²) in [5.41, 5.74) is 1.68. The molecule has 2 aliphatic rings. The van der Waals surface area contributed by atoms with E-state index in [9.17, 15) is 0 Å². The lowest BCUT2D eigenvalue weighted by atomic mass is 10.5. The van der Waals surface area contributed by atoms with E-state index in [0.29, 0.717) is 26.4 Å². The molecule has 2 heterocycles. The standard InChI is InChI=1S/C17H38O11Si4.8CH4/c1-9-30(8,28-32(20-4,21-5)15-23-11-17-13-25-17)26-29(6,7)27-31(18-2,19-3)14-22-10-16-12-24-16;;;;;;;;/h9,16-17H,1,10-15H2,2-8H3;8*1H4. The van der Waals surface area contributed by atoms with Crippen molar-refractivity contribution in [3.8, 4) is 0 Å². The number of ether oxygens (including phenoxy) is 4. The van der Waals surface area contributed by atoms with Gasteiger partial charge in [0.05, 0.1) is 26.4 Å². The largest absolute Gasteiger partial charge is 0.518 e. The molecule has 3 atom stereocenters. The van der Waals surface area contributed by atoms with Crippen molar-refractivity contribution >= 4 is 34.7 Å². The molecule has 0 aromatic heterocycles. The fraction of sp³-hybridized carbons (Fsp3) is 0.920. The molecular formula is C25H70O11Si4. The van der Waals surface area contributed by atoms with Crippen molar-refractivity contribution in [3.63, 3.8) is 0 Å². The van der Waals surface area contributed by atoms with Gasteiger partial charge in [0.15, 0.2) is 0 Å². The van der Waals surface area contributed by atoms with E-state index in [1.54, 1.807) is 34.1 Å². The van der Waals surface area contributed by atoms with Gasteiger partial charge in [-0.15, -0.1) is 6.58 Å². The summed E-state index contributed by atoms with van der Waals surface area (Å²) in [6, 6.07) is 0. The molecule has 0 aromatic carbocycles. The molecule has 0 spiro atoms. The lowest BCUT2D eigenvalue weighted by Crippen LogP contribution is -2.63. The first kappa shape index (κ1) is 56.0. The van der Waals surface area contributed by atoms with Crippen LogP contribution in [0.15, 0.2) is 12.3 Å². The monoisotopic (exact) mass is 658 g/mol. The van der Waals surface area contributed by atoms with Crippen LogP contribution in [-0.2, 0) is 49.0 Å². The quantitative estimate of drug-likeness (QED) is 0.121. The zero-order valence-electron chi connectivity index (χ0n) is 20.2. The Hall–Kier alpha value is 0.168. The molecule has 2 rings (SSSR count). The summed E-state index contributed by atoms with van der Waals surface area (Å²) in [6.45, 7) is 12.0. The van der Waals surface area contributed by atoms with Gasteiger partial charge in [0.1, 0.15) is 24.7 Å². The second-order valence-corrected chi connectivity index (χ2v) is 20.7. The smallest absolute Gasteiger partial charge is 0.413 e. The number of hydrogen-bond donors (Lipinski definition) is 0. The van der Waals surface area contributed by atoms with E-state index in [0.717, 1.165) is 0 Å². The van der Waals surface area contributed by atoms with Gasteiger partial charge in [-0.25, -0.2) is 0 Å². The average molecular weight is 659 g/mol. The summed E-state index contributed by atoms with van der Waals surface area (Å²) in [5.74, 6) is 0. The SMILES string of the molecule is C.C.C.C.C.C.C.C.C=C[Si](C)(O[Si](C)(C)O[Si](COCC1CO1)(OC)OC)O[Si](COCC1CO1)(OC)OC. The Morgan fingerprint density at radius 2 is 0.950 bits per heavy atom. The Bertz CT molecular complexity index is 589. The molecule has 0 N–H and O–H groups in total. The molecule has 0 saturated carbocycles. The van der Waals surface area contributed by atoms with E-state index in [2.05, 4.69) is 6.58 Å². The van der Waals surface area contributed by atoms with E-state index in [4.69, 9.17) is 49.0 Å². The second kappa shape index (κ2) is 24.6. The summed E-state index contributed by atoms with van der Waals surface area (Å²) >= 11 is 0. The summed E-state index contributed by atoms with van der Waals surface area (Å²) in [7, 11) is -5.99. The Morgan fingerprint density at radius 1 is 0.625 bits per heavy atom. The van der Waals surface area contributed by atoms with E-state index in [-0.39, 0.29) is 84.1 Å². The van der Waals surface area contributed by atoms with Gasteiger partial charge in [0.25, 0.3) is 0 Å². The summed E-state index contributed by atoms with van der Waals surface area (Å²) in [6.07, 6.45) is 0.633. The lowest BCUT2D eigenvalue weighted by molar-refractivity contribution is 0.0645. The fourth-order valence-corrected chi connectivity index (χ4v) is 17.3. The van der Waals surface area contributed by atoms with Crippen LogP contribution in [0.3, 0.4) is 0 Å². The highest BCUT2D eigenvalue weighted by molar-refractivity contribution is 6.89. The van der Waals surface area contributed by atoms with Crippen molar-refractivity contribution in [2.45, 2.75) is 91.3 Å². The van der Waals surface area contributed by atoms with Crippen LogP contribution in [0.1, 0.15) is 59.4 Å². The van der Waals surface area contributed by atoms with Crippen LogP contribution in [-0.4, -0.2) is 114 Å². The zero-order chi connectivity index (χ0) is 23.9. The highest BCUT2D eigenvalue weighted by Crippen LogP contribution is 2.26. The van der Waals surface area contributed by atoms with Crippen molar-refractivity contribution in [1.82, 2.24) is 0 Å². The highest BCUT2D eigenvalue weighted by Gasteiger charge is 2.53. The molecule has 2 saturated heterocycles. The van der Waals surface area contributed by atoms with E-state index < -0.39 is 34.7 Å². The van der Waals surface area contributed by atoms with Gasteiger partial charge in [-0.1, -0.05) is 65.1 Å². The fourth-order valence-electron chi connectivity index (χ4n) is 2.88. The summed E-state index contributed by atoms with van der Waals surface area (Å²) in [5, 5.41) is 0. The lowest BCUT2D eigenvalue weighted by Gasteiger charge is -2.40. The van der Waals surface area contributed by atoms with Crippen LogP contribution in [0, 0.1) is 0 Å². The molecule has 3 unspecified atom stereocenters. The van der Waals surface area contributed by atoms with Crippen LogP contribution in [0.5, 0.6) is 0 Å². The topological polar surface area (TPSA) is 108 Å². The Kier molecular flexibility index (Phi) is 34.4. The molecule has 0 aromatic rings. The van der Waals surface area contributed by atoms with Crippen molar-refractivity contribution in [3.05, 3.63) is 12.3 Å². The average Bonchev–Trinajstić information content (AvgIpc) is 3.67. The Balaban J connectivity index is -0.000000272.